The number of hydrogen-bond donors (Lipinski definition) is 0. The molecule has 1 amide bonds. The molecule has 1 atom stereocenters. The van der Waals surface area contributed by atoms with E-state index in [9.17, 15) is 4.79 Å². The Morgan fingerprint density at radius 3 is 2.90 bits per heavy atom. The average molecular weight is 306 g/mol. The van der Waals surface area contributed by atoms with Crippen LogP contribution in [-0.4, -0.2) is 32.5 Å². The second-order valence-electron chi connectivity index (χ2n) is 5.29. The summed E-state index contributed by atoms with van der Waals surface area (Å²) in [4.78, 5) is 24.2. The zero-order chi connectivity index (χ0) is 14.8. The van der Waals surface area contributed by atoms with Gasteiger partial charge in [-0.05, 0) is 26.7 Å². The molecule has 3 rings (SSSR count). The lowest BCUT2D eigenvalue weighted by molar-refractivity contribution is 0.0664. The van der Waals surface area contributed by atoms with Crippen LogP contribution in [0.25, 0.3) is 0 Å². The van der Waals surface area contributed by atoms with E-state index >= 15 is 0 Å². The van der Waals surface area contributed by atoms with Gasteiger partial charge in [-0.15, -0.1) is 11.3 Å². The number of carbonyl (C=O) groups excluding carboxylic acids is 1. The molecule has 21 heavy (non-hydrogen) atoms. The molecular weight excluding hydrogens is 288 g/mol. The minimum atomic E-state index is -0.111. The van der Waals surface area contributed by atoms with E-state index in [-0.39, 0.29) is 11.9 Å². The van der Waals surface area contributed by atoms with E-state index in [2.05, 4.69) is 15.1 Å². The van der Waals surface area contributed by atoms with Crippen molar-refractivity contribution in [1.82, 2.24) is 20.0 Å². The van der Waals surface area contributed by atoms with Crippen molar-refractivity contribution in [3.05, 3.63) is 27.8 Å². The molecule has 112 valence electrons. The van der Waals surface area contributed by atoms with Gasteiger partial charge in [0.2, 0.25) is 6.39 Å². The van der Waals surface area contributed by atoms with Gasteiger partial charge in [0.15, 0.2) is 5.82 Å². The van der Waals surface area contributed by atoms with E-state index in [1.165, 1.54) is 6.39 Å². The Morgan fingerprint density at radius 1 is 1.38 bits per heavy atom. The van der Waals surface area contributed by atoms with E-state index < -0.39 is 0 Å². The van der Waals surface area contributed by atoms with Gasteiger partial charge in [-0.25, -0.2) is 4.98 Å². The molecule has 2 aromatic rings. The van der Waals surface area contributed by atoms with Crippen LogP contribution in [0.1, 0.15) is 57.9 Å². The second kappa shape index (κ2) is 5.93. The highest BCUT2D eigenvalue weighted by Crippen LogP contribution is 2.30. The Bertz CT molecular complexity index is 623. The predicted molar refractivity (Wildman–Crippen MR) is 78.1 cm³/mol. The van der Waals surface area contributed by atoms with Crippen molar-refractivity contribution in [2.24, 2.45) is 0 Å². The molecule has 0 saturated carbocycles. The molecule has 7 heteroatoms. The molecule has 3 heterocycles. The molecule has 0 spiro atoms. The minimum absolute atomic E-state index is 0.0199. The van der Waals surface area contributed by atoms with Crippen molar-refractivity contribution in [2.45, 2.75) is 45.6 Å². The maximum atomic E-state index is 12.9. The smallest absolute Gasteiger partial charge is 0.274 e. The monoisotopic (exact) mass is 306 g/mol. The Labute approximate surface area is 127 Å². The van der Waals surface area contributed by atoms with Crippen LogP contribution in [0.5, 0.6) is 0 Å². The molecule has 0 aliphatic carbocycles. The van der Waals surface area contributed by atoms with E-state index in [1.807, 2.05) is 18.7 Å². The topological polar surface area (TPSA) is 72.1 Å². The first-order valence-corrected chi connectivity index (χ1v) is 7.99. The van der Waals surface area contributed by atoms with Crippen molar-refractivity contribution < 1.29 is 9.32 Å². The van der Waals surface area contributed by atoms with Crippen molar-refractivity contribution in [1.29, 1.82) is 0 Å². The maximum Gasteiger partial charge on any atom is 0.274 e. The van der Waals surface area contributed by atoms with Crippen LogP contribution in [0.15, 0.2) is 10.9 Å². The Morgan fingerprint density at radius 2 is 2.24 bits per heavy atom. The SMILES string of the molecule is Cc1nc(C(=O)N2CCCCC[C@H]2c2ncon2)c(C)s1. The van der Waals surface area contributed by atoms with Gasteiger partial charge in [0, 0.05) is 11.4 Å². The summed E-state index contributed by atoms with van der Waals surface area (Å²) >= 11 is 1.56. The first-order valence-electron chi connectivity index (χ1n) is 7.18. The largest absolute Gasteiger partial charge is 0.343 e. The summed E-state index contributed by atoms with van der Waals surface area (Å²) in [5.41, 5.74) is 0.563. The van der Waals surface area contributed by atoms with Gasteiger partial charge < -0.3 is 9.42 Å². The lowest BCUT2D eigenvalue weighted by Crippen LogP contribution is -2.35. The maximum absolute atomic E-state index is 12.9. The van der Waals surface area contributed by atoms with Gasteiger partial charge in [-0.2, -0.15) is 4.98 Å². The quantitative estimate of drug-likeness (QED) is 0.853. The standard InChI is InChI=1S/C14H18N4O2S/c1-9-12(16-10(2)21-9)14(19)18-7-5-3-4-6-11(18)13-15-8-20-17-13/h8,11H,3-7H2,1-2H3/t11-/m0/s1. The normalized spacial score (nSPS) is 19.5. The van der Waals surface area contributed by atoms with Crippen molar-refractivity contribution in [3.8, 4) is 0 Å². The first-order chi connectivity index (χ1) is 10.2. The van der Waals surface area contributed by atoms with Crippen LogP contribution < -0.4 is 0 Å². The van der Waals surface area contributed by atoms with Gasteiger partial charge >= 0.3 is 0 Å². The third-order valence-corrected chi connectivity index (χ3v) is 4.68. The molecule has 1 fully saturated rings. The molecule has 0 N–H and O–H groups in total. The number of nitrogens with zero attached hydrogens (tertiary/aromatic N) is 4. The van der Waals surface area contributed by atoms with Crippen LogP contribution in [-0.2, 0) is 0 Å². The number of thiazole rings is 1. The lowest BCUT2D eigenvalue weighted by Gasteiger charge is -2.27. The van der Waals surface area contributed by atoms with E-state index in [0.717, 1.165) is 35.6 Å². The zero-order valence-electron chi connectivity index (χ0n) is 12.2. The van der Waals surface area contributed by atoms with Gasteiger partial charge in [0.05, 0.1) is 11.0 Å². The third kappa shape index (κ3) is 2.83. The highest BCUT2D eigenvalue weighted by Gasteiger charge is 2.32. The fourth-order valence-corrected chi connectivity index (χ4v) is 3.62. The number of hydrogen-bond acceptors (Lipinski definition) is 6. The van der Waals surface area contributed by atoms with E-state index in [0.29, 0.717) is 18.1 Å². The zero-order valence-corrected chi connectivity index (χ0v) is 13.0. The molecule has 6 nitrogen and oxygen atoms in total. The lowest BCUT2D eigenvalue weighted by atomic mass is 10.1. The molecular formula is C14H18N4O2S. The summed E-state index contributed by atoms with van der Waals surface area (Å²) in [6.07, 6.45) is 5.38. The highest BCUT2D eigenvalue weighted by atomic mass is 32.1. The summed E-state index contributed by atoms with van der Waals surface area (Å²) in [6.45, 7) is 4.58. The Hall–Kier alpha value is -1.76. The molecule has 2 aromatic heterocycles. The number of aromatic nitrogens is 3. The summed E-state index contributed by atoms with van der Waals surface area (Å²) in [7, 11) is 0. The van der Waals surface area contributed by atoms with Gasteiger partial charge in [0.25, 0.3) is 5.91 Å². The summed E-state index contributed by atoms with van der Waals surface area (Å²) in [5, 5.41) is 4.86. The van der Waals surface area contributed by atoms with Gasteiger partial charge in [-0.3, -0.25) is 4.79 Å². The summed E-state index contributed by atoms with van der Waals surface area (Å²) in [5.74, 6) is 0.573. The Kier molecular flexibility index (Phi) is 4.01. The second-order valence-corrected chi connectivity index (χ2v) is 6.70. The van der Waals surface area contributed by atoms with Crippen molar-refractivity contribution in [3.63, 3.8) is 0 Å². The summed E-state index contributed by atoms with van der Waals surface area (Å²) in [6, 6.07) is -0.111. The molecule has 0 unspecified atom stereocenters. The van der Waals surface area contributed by atoms with Crippen molar-refractivity contribution >= 4 is 17.2 Å². The van der Waals surface area contributed by atoms with Gasteiger partial charge in [-0.1, -0.05) is 18.0 Å². The van der Waals surface area contributed by atoms with E-state index in [1.54, 1.807) is 11.3 Å². The summed E-state index contributed by atoms with van der Waals surface area (Å²) < 4.78 is 4.86. The molecule has 0 bridgehead atoms. The minimum Gasteiger partial charge on any atom is -0.343 e. The molecule has 1 aliphatic heterocycles. The van der Waals surface area contributed by atoms with Crippen molar-refractivity contribution in [2.75, 3.05) is 6.54 Å². The molecule has 0 aromatic carbocycles. The van der Waals surface area contributed by atoms with Crippen LogP contribution in [0, 0.1) is 13.8 Å². The molecule has 0 radical (unpaired) electrons. The fourth-order valence-electron chi connectivity index (χ4n) is 2.81. The Balaban J connectivity index is 1.92. The average Bonchev–Trinajstić information content (AvgIpc) is 3.02. The number of likely N-dealkylation sites (tertiary alicyclic amines) is 1. The van der Waals surface area contributed by atoms with Crippen LogP contribution in [0.4, 0.5) is 0 Å². The van der Waals surface area contributed by atoms with Gasteiger partial charge in [0.1, 0.15) is 5.69 Å². The van der Waals surface area contributed by atoms with Crippen LogP contribution >= 0.6 is 11.3 Å². The highest BCUT2D eigenvalue weighted by molar-refractivity contribution is 7.11. The van der Waals surface area contributed by atoms with Crippen LogP contribution in [0.3, 0.4) is 0 Å². The molecule has 1 aliphatic rings. The number of aryl methyl sites for hydroxylation is 2. The predicted octanol–water partition coefficient (Wildman–Crippen LogP) is 2.90. The fraction of sp³-hybridized carbons (Fsp3) is 0.571. The number of carbonyl (C=O) groups is 1. The van der Waals surface area contributed by atoms with E-state index in [4.69, 9.17) is 4.52 Å². The third-order valence-electron chi connectivity index (χ3n) is 3.80. The number of rotatable bonds is 2. The molecule has 1 saturated heterocycles. The number of amides is 1. The van der Waals surface area contributed by atoms with Crippen LogP contribution in [0.2, 0.25) is 0 Å². The first kappa shape index (κ1) is 14.2.